The zero-order chi connectivity index (χ0) is 11.9. The molecule has 1 atom stereocenters. The molecule has 1 fully saturated rings. The molecule has 0 saturated heterocycles. The van der Waals surface area contributed by atoms with Gasteiger partial charge in [0.15, 0.2) is 5.71 Å². The van der Waals surface area contributed by atoms with Crippen LogP contribution in [0.2, 0.25) is 0 Å². The third-order valence-corrected chi connectivity index (χ3v) is 3.18. The summed E-state index contributed by atoms with van der Waals surface area (Å²) in [7, 11) is 0. The van der Waals surface area contributed by atoms with Gasteiger partial charge in [-0.3, -0.25) is 4.79 Å². The molecule has 0 radical (unpaired) electrons. The van der Waals surface area contributed by atoms with Crippen molar-refractivity contribution < 1.29 is 18.0 Å². The molecule has 0 N–H and O–H groups in total. The monoisotopic (exact) mass is 234 g/mol. The van der Waals surface area contributed by atoms with Crippen LogP contribution in [0.15, 0.2) is 5.10 Å². The second kappa shape index (κ2) is 3.75. The summed E-state index contributed by atoms with van der Waals surface area (Å²) in [6, 6.07) is -0.130. The van der Waals surface area contributed by atoms with Gasteiger partial charge in [0.25, 0.3) is 5.91 Å². The molecule has 0 spiro atoms. The Morgan fingerprint density at radius 3 is 2.31 bits per heavy atom. The van der Waals surface area contributed by atoms with Gasteiger partial charge in [0.1, 0.15) is 0 Å². The number of hydrazone groups is 1. The Bertz CT molecular complexity index is 331. The largest absolute Gasteiger partial charge is 0.431 e. The van der Waals surface area contributed by atoms with Crippen molar-refractivity contribution in [2.45, 2.75) is 44.8 Å². The predicted molar refractivity (Wildman–Crippen MR) is 51.8 cm³/mol. The van der Waals surface area contributed by atoms with Crippen molar-refractivity contribution in [3.8, 4) is 0 Å². The molecular formula is C10H13F3N2O. The Balaban J connectivity index is 2.22. The maximum absolute atomic E-state index is 12.5. The Morgan fingerprint density at radius 2 is 1.88 bits per heavy atom. The second-order valence-corrected chi connectivity index (χ2v) is 4.33. The van der Waals surface area contributed by atoms with Gasteiger partial charge in [-0.1, -0.05) is 12.8 Å². The van der Waals surface area contributed by atoms with E-state index in [-0.39, 0.29) is 6.04 Å². The average Bonchev–Trinajstić information content (AvgIpc) is 2.75. The molecule has 1 saturated carbocycles. The van der Waals surface area contributed by atoms with E-state index in [2.05, 4.69) is 5.10 Å². The molecule has 6 heteroatoms. The number of amides is 1. The third-order valence-electron chi connectivity index (χ3n) is 3.18. The zero-order valence-corrected chi connectivity index (χ0v) is 8.92. The Labute approximate surface area is 91.3 Å². The van der Waals surface area contributed by atoms with Crippen LogP contribution in [0.25, 0.3) is 0 Å². The van der Waals surface area contributed by atoms with E-state index in [4.69, 9.17) is 0 Å². The van der Waals surface area contributed by atoms with Gasteiger partial charge in [0.2, 0.25) is 0 Å². The Morgan fingerprint density at radius 1 is 1.31 bits per heavy atom. The van der Waals surface area contributed by atoms with Crippen molar-refractivity contribution in [3.05, 3.63) is 0 Å². The lowest BCUT2D eigenvalue weighted by molar-refractivity contribution is -0.133. The molecule has 1 unspecified atom stereocenters. The van der Waals surface area contributed by atoms with Gasteiger partial charge in [0.05, 0.1) is 12.0 Å². The van der Waals surface area contributed by atoms with E-state index >= 15 is 0 Å². The summed E-state index contributed by atoms with van der Waals surface area (Å²) in [4.78, 5) is 11.7. The number of carbonyl (C=O) groups is 1. The smallest absolute Gasteiger partial charge is 0.272 e. The van der Waals surface area contributed by atoms with E-state index in [1.807, 2.05) is 0 Å². The minimum Gasteiger partial charge on any atom is -0.272 e. The van der Waals surface area contributed by atoms with Crippen LogP contribution in [0.5, 0.6) is 0 Å². The predicted octanol–water partition coefficient (Wildman–Crippen LogP) is 2.33. The van der Waals surface area contributed by atoms with E-state index in [9.17, 15) is 18.0 Å². The Hall–Kier alpha value is -1.07. The lowest BCUT2D eigenvalue weighted by Crippen LogP contribution is -2.34. The molecule has 90 valence electrons. The van der Waals surface area contributed by atoms with Gasteiger partial charge in [-0.15, -0.1) is 0 Å². The van der Waals surface area contributed by atoms with Crippen LogP contribution in [0.3, 0.4) is 0 Å². The normalized spacial score (nSPS) is 27.8. The minimum absolute atomic E-state index is 0.130. The van der Waals surface area contributed by atoms with Gasteiger partial charge in [-0.2, -0.15) is 18.3 Å². The van der Waals surface area contributed by atoms with E-state index in [0.717, 1.165) is 30.7 Å². The molecule has 2 aliphatic rings. The second-order valence-electron chi connectivity index (χ2n) is 4.33. The average molecular weight is 234 g/mol. The number of hydrogen-bond acceptors (Lipinski definition) is 2. The van der Waals surface area contributed by atoms with Crippen molar-refractivity contribution in [2.75, 3.05) is 0 Å². The highest BCUT2D eigenvalue weighted by Gasteiger charge is 2.49. The van der Waals surface area contributed by atoms with Crippen LogP contribution >= 0.6 is 0 Å². The number of rotatable bonds is 1. The first-order valence-corrected chi connectivity index (χ1v) is 5.40. The lowest BCUT2D eigenvalue weighted by Gasteiger charge is -2.19. The fraction of sp³-hybridized carbons (Fsp3) is 0.800. The molecule has 0 aromatic rings. The van der Waals surface area contributed by atoms with Gasteiger partial charge in [0, 0.05) is 0 Å². The quantitative estimate of drug-likeness (QED) is 0.685. The summed E-state index contributed by atoms with van der Waals surface area (Å²) in [5.74, 6) is -1.67. The maximum atomic E-state index is 12.5. The van der Waals surface area contributed by atoms with Crippen molar-refractivity contribution >= 4 is 11.6 Å². The zero-order valence-electron chi connectivity index (χ0n) is 8.92. The summed E-state index contributed by atoms with van der Waals surface area (Å²) >= 11 is 0. The first kappa shape index (κ1) is 11.4. The summed E-state index contributed by atoms with van der Waals surface area (Å²) in [6.45, 7) is 1.27. The summed E-state index contributed by atoms with van der Waals surface area (Å²) in [5.41, 5.74) is -0.954. The molecule has 1 amide bonds. The van der Waals surface area contributed by atoms with Crippen LogP contribution in [-0.4, -0.2) is 28.8 Å². The first-order chi connectivity index (χ1) is 7.41. The highest BCUT2D eigenvalue weighted by molar-refractivity contribution is 6.10. The highest BCUT2D eigenvalue weighted by Crippen LogP contribution is 2.33. The molecule has 16 heavy (non-hydrogen) atoms. The van der Waals surface area contributed by atoms with Crippen LogP contribution in [0.4, 0.5) is 13.2 Å². The molecular weight excluding hydrogens is 221 g/mol. The third kappa shape index (κ3) is 1.81. The fourth-order valence-corrected chi connectivity index (χ4v) is 2.28. The summed E-state index contributed by atoms with van der Waals surface area (Å²) in [6.07, 6.45) is -1.07. The molecule has 1 heterocycles. The van der Waals surface area contributed by atoms with Gasteiger partial charge in [-0.05, 0) is 19.8 Å². The Kier molecular flexibility index (Phi) is 2.67. The fourth-order valence-electron chi connectivity index (χ4n) is 2.28. The minimum atomic E-state index is -4.50. The van der Waals surface area contributed by atoms with Gasteiger partial charge >= 0.3 is 6.18 Å². The number of hydrogen-bond donors (Lipinski definition) is 0. The molecule has 0 aromatic carbocycles. The lowest BCUT2D eigenvalue weighted by atomic mass is 10.1. The van der Waals surface area contributed by atoms with E-state index in [1.165, 1.54) is 6.92 Å². The van der Waals surface area contributed by atoms with E-state index in [0.29, 0.717) is 0 Å². The molecule has 2 rings (SSSR count). The molecule has 0 bridgehead atoms. The topological polar surface area (TPSA) is 32.7 Å². The van der Waals surface area contributed by atoms with Crippen molar-refractivity contribution in [1.29, 1.82) is 0 Å². The van der Waals surface area contributed by atoms with Crippen LogP contribution < -0.4 is 0 Å². The first-order valence-electron chi connectivity index (χ1n) is 5.40. The molecule has 1 aliphatic heterocycles. The number of halogens is 3. The number of alkyl halides is 3. The van der Waals surface area contributed by atoms with Gasteiger partial charge in [-0.25, -0.2) is 5.01 Å². The molecule has 3 nitrogen and oxygen atoms in total. The standard InChI is InChI=1S/C10H13F3N2O/c1-6-8(10(11,12)13)14-15(9(6)16)7-4-2-3-5-7/h6-7H,2-5H2,1H3. The van der Waals surface area contributed by atoms with Crippen LogP contribution in [0, 0.1) is 5.92 Å². The summed E-state index contributed by atoms with van der Waals surface area (Å²) in [5, 5.41) is 4.53. The number of carbonyl (C=O) groups excluding carboxylic acids is 1. The van der Waals surface area contributed by atoms with E-state index < -0.39 is 23.7 Å². The number of nitrogens with zero attached hydrogens (tertiary/aromatic N) is 2. The van der Waals surface area contributed by atoms with Crippen LogP contribution in [-0.2, 0) is 4.79 Å². The van der Waals surface area contributed by atoms with Gasteiger partial charge < -0.3 is 0 Å². The van der Waals surface area contributed by atoms with Crippen molar-refractivity contribution in [2.24, 2.45) is 11.0 Å². The van der Waals surface area contributed by atoms with Crippen LogP contribution in [0.1, 0.15) is 32.6 Å². The van der Waals surface area contributed by atoms with Crippen molar-refractivity contribution in [1.82, 2.24) is 5.01 Å². The molecule has 1 aliphatic carbocycles. The van der Waals surface area contributed by atoms with E-state index in [1.54, 1.807) is 0 Å². The maximum Gasteiger partial charge on any atom is 0.431 e. The SMILES string of the molecule is CC1C(=O)N(C2CCCC2)N=C1C(F)(F)F. The van der Waals surface area contributed by atoms with Crippen molar-refractivity contribution in [3.63, 3.8) is 0 Å². The molecule has 0 aromatic heterocycles. The summed E-state index contributed by atoms with van der Waals surface area (Å²) < 4.78 is 37.6. The highest BCUT2D eigenvalue weighted by atomic mass is 19.4.